The van der Waals surface area contributed by atoms with Gasteiger partial charge in [-0.15, -0.1) is 0 Å². The quantitative estimate of drug-likeness (QED) is 0.0664. The molecule has 0 radical (unpaired) electrons. The van der Waals surface area contributed by atoms with Crippen LogP contribution in [0.4, 0.5) is 23.3 Å². The van der Waals surface area contributed by atoms with E-state index in [0.29, 0.717) is 23.5 Å². The molecule has 2 heterocycles. The number of nitrogens with one attached hydrogen (secondary N) is 2. The van der Waals surface area contributed by atoms with Gasteiger partial charge in [-0.05, 0) is 87.9 Å². The van der Waals surface area contributed by atoms with Gasteiger partial charge in [-0.3, -0.25) is 13.7 Å². The Bertz CT molecular complexity index is 2820. The third-order valence-electron chi connectivity index (χ3n) is 7.63. The van der Waals surface area contributed by atoms with Crippen LogP contribution in [0.2, 0.25) is 10.6 Å². The molecule has 0 atom stereocenters. The lowest BCUT2D eigenvalue weighted by molar-refractivity contribution is 0.480. The van der Waals surface area contributed by atoms with E-state index in [1.165, 1.54) is 48.6 Å². The molecule has 0 bridgehead atoms. The van der Waals surface area contributed by atoms with E-state index in [2.05, 4.69) is 40.5 Å². The van der Waals surface area contributed by atoms with Crippen LogP contribution in [-0.4, -0.2) is 68.8 Å². The van der Waals surface area contributed by atoms with Crippen molar-refractivity contribution in [3.63, 3.8) is 0 Å². The molecule has 0 aliphatic rings. The van der Waals surface area contributed by atoms with Crippen LogP contribution in [0.1, 0.15) is 33.9 Å². The molecule has 0 aliphatic heterocycles. The minimum absolute atomic E-state index is 0.00864. The van der Waals surface area contributed by atoms with Crippen molar-refractivity contribution < 1.29 is 38.9 Å². The molecule has 6 rings (SSSR count). The van der Waals surface area contributed by atoms with Crippen molar-refractivity contribution in [3.8, 4) is 0 Å². The zero-order chi connectivity index (χ0) is 40.3. The van der Waals surface area contributed by atoms with E-state index in [0.717, 1.165) is 23.8 Å². The Hall–Kier alpha value is -5.45. The lowest BCUT2D eigenvalue weighted by Crippen LogP contribution is -2.07. The van der Waals surface area contributed by atoms with Gasteiger partial charge in [0.25, 0.3) is 30.4 Å². The normalized spacial score (nSPS) is 12.2. The van der Waals surface area contributed by atoms with Gasteiger partial charge in [0.2, 0.25) is 22.5 Å². The molecule has 0 amide bonds. The highest BCUT2D eigenvalue weighted by Crippen LogP contribution is 2.28. The third kappa shape index (κ3) is 10.6. The fraction of sp³-hybridized carbons (Fsp3) is 0.0588. The SMILES string of the molecule is O=S(=O)(O)c1ccc(Nc2nc(Cl)nc(Nc3ccc(/C=C/c4ccc(Cc5nc(Cl)nc(Cc6ccccc6)n5)cc4S(=O)(=O)O)c(S(=O)(=O)O)c3)n2)cc1. The highest BCUT2D eigenvalue weighted by Gasteiger charge is 2.19. The molecule has 0 aliphatic carbocycles. The van der Waals surface area contributed by atoms with Crippen LogP contribution in [0.3, 0.4) is 0 Å². The van der Waals surface area contributed by atoms with E-state index >= 15 is 0 Å². The summed E-state index contributed by atoms with van der Waals surface area (Å²) in [5.41, 5.74) is 1.68. The van der Waals surface area contributed by atoms with Crippen molar-refractivity contribution in [3.05, 3.63) is 135 Å². The minimum Gasteiger partial charge on any atom is -0.324 e. The summed E-state index contributed by atoms with van der Waals surface area (Å²) >= 11 is 12.2. The second-order valence-corrected chi connectivity index (χ2v) is 16.6. The van der Waals surface area contributed by atoms with Crippen LogP contribution in [-0.2, 0) is 43.2 Å². The van der Waals surface area contributed by atoms with Gasteiger partial charge in [-0.25, -0.2) is 15.0 Å². The monoisotopic (exact) mass is 856 g/mol. The number of benzene rings is 4. The Kier molecular flexibility index (Phi) is 11.7. The number of hydrogen-bond donors (Lipinski definition) is 5. The van der Waals surface area contributed by atoms with Crippen molar-refractivity contribution in [1.82, 2.24) is 29.9 Å². The molecule has 56 heavy (non-hydrogen) atoms. The van der Waals surface area contributed by atoms with Gasteiger partial charge in [0.15, 0.2) is 0 Å². The number of halogens is 2. The van der Waals surface area contributed by atoms with Crippen LogP contribution in [0, 0.1) is 0 Å². The summed E-state index contributed by atoms with van der Waals surface area (Å²) in [5.74, 6) is 0.412. The largest absolute Gasteiger partial charge is 0.324 e. The smallest absolute Gasteiger partial charge is 0.295 e. The lowest BCUT2D eigenvalue weighted by atomic mass is 10.1. The van der Waals surface area contributed by atoms with Crippen LogP contribution in [0.25, 0.3) is 12.2 Å². The number of rotatable bonds is 13. The van der Waals surface area contributed by atoms with Gasteiger partial charge >= 0.3 is 0 Å². The Balaban J connectivity index is 1.23. The second kappa shape index (κ2) is 16.3. The molecule has 4 aromatic carbocycles. The van der Waals surface area contributed by atoms with Crippen LogP contribution in [0.15, 0.2) is 106 Å². The van der Waals surface area contributed by atoms with Crippen LogP contribution >= 0.6 is 23.2 Å². The van der Waals surface area contributed by atoms with Gasteiger partial charge in [0, 0.05) is 24.2 Å². The van der Waals surface area contributed by atoms with Gasteiger partial charge in [0.05, 0.1) is 4.90 Å². The maximum Gasteiger partial charge on any atom is 0.295 e. The summed E-state index contributed by atoms with van der Waals surface area (Å²) in [5, 5.41) is 5.22. The topological polar surface area (TPSA) is 265 Å². The fourth-order valence-corrected chi connectivity index (χ4v) is 7.47. The molecule has 22 heteroatoms. The van der Waals surface area contributed by atoms with Crippen molar-refractivity contribution in [2.24, 2.45) is 0 Å². The van der Waals surface area contributed by atoms with Crippen molar-refractivity contribution >= 4 is 89.0 Å². The maximum atomic E-state index is 12.5. The van der Waals surface area contributed by atoms with E-state index < -0.39 is 40.1 Å². The van der Waals surface area contributed by atoms with E-state index in [4.69, 9.17) is 23.2 Å². The summed E-state index contributed by atoms with van der Waals surface area (Å²) < 4.78 is 102. The molecule has 288 valence electrons. The average Bonchev–Trinajstić information content (AvgIpc) is 3.10. The Morgan fingerprint density at radius 2 is 1.02 bits per heavy atom. The highest BCUT2D eigenvalue weighted by atomic mass is 35.5. The fourth-order valence-electron chi connectivity index (χ4n) is 5.19. The second-order valence-electron chi connectivity index (χ2n) is 11.7. The number of hydrogen-bond acceptors (Lipinski definition) is 14. The highest BCUT2D eigenvalue weighted by molar-refractivity contribution is 7.86. The number of anilines is 4. The molecule has 5 N–H and O–H groups in total. The standard InChI is InChI=1S/C34H26Cl2N8O9S3/c35-31-40-29(17-20-4-2-1-3-5-20)39-30(41-31)18-21-6-7-22(27(16-21)55(48,49)50)8-9-23-10-11-25(19-28(23)56(51,52)53)38-34-43-32(36)42-33(44-34)37-24-12-14-26(15-13-24)54(45,46)47/h1-16,19H,17-18H2,(H,45,46,47)(H,48,49,50)(H,51,52,53)(H2,37,38,42,43,44)/b9-8+. The first-order chi connectivity index (χ1) is 26.4. The zero-order valence-corrected chi connectivity index (χ0v) is 32.1. The molecule has 0 spiro atoms. The molecular formula is C34H26Cl2N8O9S3. The molecule has 2 aromatic heterocycles. The summed E-state index contributed by atoms with van der Waals surface area (Å²) in [4.78, 5) is 23.4. The lowest BCUT2D eigenvalue weighted by Gasteiger charge is -2.11. The first-order valence-corrected chi connectivity index (χ1v) is 20.8. The molecule has 0 fully saturated rings. The third-order valence-corrected chi connectivity index (χ3v) is 10.7. The predicted octanol–water partition coefficient (Wildman–Crippen LogP) is 5.94. The van der Waals surface area contributed by atoms with Crippen LogP contribution < -0.4 is 10.6 Å². The van der Waals surface area contributed by atoms with Gasteiger partial charge < -0.3 is 10.6 Å². The molecule has 17 nitrogen and oxygen atoms in total. The summed E-state index contributed by atoms with van der Waals surface area (Å²) in [6.45, 7) is 0. The molecule has 0 saturated heterocycles. The van der Waals surface area contributed by atoms with Crippen molar-refractivity contribution in [2.45, 2.75) is 27.5 Å². The first kappa shape index (κ1) is 40.2. The Morgan fingerprint density at radius 3 is 1.59 bits per heavy atom. The van der Waals surface area contributed by atoms with E-state index in [1.807, 2.05) is 30.3 Å². The predicted molar refractivity (Wildman–Crippen MR) is 206 cm³/mol. The van der Waals surface area contributed by atoms with Crippen LogP contribution in [0.5, 0.6) is 0 Å². The Morgan fingerprint density at radius 1 is 0.518 bits per heavy atom. The first-order valence-electron chi connectivity index (χ1n) is 15.8. The zero-order valence-electron chi connectivity index (χ0n) is 28.2. The average molecular weight is 858 g/mol. The number of aromatic nitrogens is 6. The molecule has 6 aromatic rings. The van der Waals surface area contributed by atoms with Gasteiger partial charge in [-0.2, -0.15) is 40.2 Å². The van der Waals surface area contributed by atoms with E-state index in [-0.39, 0.29) is 56.4 Å². The Labute approximate surface area is 329 Å². The van der Waals surface area contributed by atoms with Gasteiger partial charge in [-0.1, -0.05) is 60.7 Å². The minimum atomic E-state index is -4.87. The molecule has 0 saturated carbocycles. The van der Waals surface area contributed by atoms with E-state index in [9.17, 15) is 38.9 Å². The number of nitrogens with zero attached hydrogens (tertiary/aromatic N) is 6. The van der Waals surface area contributed by atoms with Crippen molar-refractivity contribution in [2.75, 3.05) is 10.6 Å². The van der Waals surface area contributed by atoms with Crippen molar-refractivity contribution in [1.29, 1.82) is 0 Å². The van der Waals surface area contributed by atoms with E-state index in [1.54, 1.807) is 6.07 Å². The molecular weight excluding hydrogens is 832 g/mol. The summed E-state index contributed by atoms with van der Waals surface area (Å²) in [6.07, 6.45) is 2.89. The summed E-state index contributed by atoms with van der Waals surface area (Å²) in [6, 6.07) is 22.3. The maximum absolute atomic E-state index is 12.5. The van der Waals surface area contributed by atoms with Gasteiger partial charge in [0.1, 0.15) is 21.4 Å². The molecule has 0 unspecified atom stereocenters. The summed E-state index contributed by atoms with van der Waals surface area (Å²) in [7, 11) is -14.1.